The van der Waals surface area contributed by atoms with Gasteiger partial charge in [0.1, 0.15) is 0 Å². The Labute approximate surface area is 189 Å². The molecule has 7 heteroatoms. The quantitative estimate of drug-likeness (QED) is 0.193. The van der Waals surface area contributed by atoms with Crippen molar-refractivity contribution in [1.29, 1.82) is 0 Å². The number of hydrogen-bond acceptors (Lipinski definition) is 5. The fourth-order valence-corrected chi connectivity index (χ4v) is 1.67. The number of hydrogen-bond donors (Lipinski definition) is 3. The lowest BCUT2D eigenvalue weighted by Gasteiger charge is -2.18. The molecular formula is C24H47F2N3O2. The van der Waals surface area contributed by atoms with Crippen LogP contribution in [0.15, 0.2) is 53.6 Å². The minimum Gasteiger partial charge on any atom is -0.371 e. The molecule has 0 fully saturated rings. The highest BCUT2D eigenvalue weighted by Crippen LogP contribution is 2.17. The van der Waals surface area contributed by atoms with E-state index in [2.05, 4.69) is 23.8 Å². The molecule has 0 aromatic carbocycles. The molecule has 0 spiro atoms. The van der Waals surface area contributed by atoms with E-state index in [0.29, 0.717) is 6.42 Å². The van der Waals surface area contributed by atoms with Crippen molar-refractivity contribution in [2.75, 3.05) is 27.2 Å². The number of aliphatic imine (C=N–C) groups is 1. The first kappa shape index (κ1) is 36.7. The molecule has 0 saturated carbocycles. The van der Waals surface area contributed by atoms with Crippen LogP contribution < -0.4 is 5.32 Å². The highest BCUT2D eigenvalue weighted by atomic mass is 19.3. The van der Waals surface area contributed by atoms with Gasteiger partial charge in [-0.1, -0.05) is 70.6 Å². The van der Waals surface area contributed by atoms with Crippen molar-refractivity contribution in [2.45, 2.75) is 73.0 Å². The molecule has 0 aromatic heterocycles. The Hall–Kier alpha value is -1.67. The van der Waals surface area contributed by atoms with Crippen molar-refractivity contribution in [1.82, 2.24) is 10.4 Å². The summed E-state index contributed by atoms with van der Waals surface area (Å²) in [5.74, 6) is -2.45. The molecule has 0 bridgehead atoms. The SMILES string of the molecule is C=CC.CC.CCCC(C)(F)F.CCNC.CN=CC(O)N(O)CC1=CCC=CC=C1. The van der Waals surface area contributed by atoms with E-state index < -0.39 is 12.2 Å². The second-order valence-corrected chi connectivity index (χ2v) is 6.16. The fraction of sp³-hybridized carbons (Fsp3) is 0.625. The largest absolute Gasteiger partial charge is 0.371 e. The average Bonchev–Trinajstić information content (AvgIpc) is 2.99. The second kappa shape index (κ2) is 28.3. The summed E-state index contributed by atoms with van der Waals surface area (Å²) >= 11 is 0. The maximum atomic E-state index is 11.7. The second-order valence-electron chi connectivity index (χ2n) is 6.16. The molecule has 0 aromatic rings. The van der Waals surface area contributed by atoms with Crippen molar-refractivity contribution in [3.05, 3.63) is 48.6 Å². The van der Waals surface area contributed by atoms with E-state index in [4.69, 9.17) is 0 Å². The van der Waals surface area contributed by atoms with E-state index in [1.165, 1.54) is 6.21 Å². The number of hydroxylamine groups is 2. The van der Waals surface area contributed by atoms with E-state index >= 15 is 0 Å². The highest BCUT2D eigenvalue weighted by molar-refractivity contribution is 5.61. The zero-order valence-corrected chi connectivity index (χ0v) is 20.9. The van der Waals surface area contributed by atoms with Gasteiger partial charge in [-0.25, -0.2) is 8.78 Å². The number of rotatable bonds is 7. The number of allylic oxidation sites excluding steroid dienone is 5. The maximum absolute atomic E-state index is 11.7. The number of nitrogens with zero attached hydrogens (tertiary/aromatic N) is 2. The van der Waals surface area contributed by atoms with Gasteiger partial charge in [0.05, 0.1) is 6.54 Å². The van der Waals surface area contributed by atoms with Crippen molar-refractivity contribution in [3.63, 3.8) is 0 Å². The maximum Gasteiger partial charge on any atom is 0.245 e. The van der Waals surface area contributed by atoms with Crippen LogP contribution in [0.3, 0.4) is 0 Å². The van der Waals surface area contributed by atoms with Gasteiger partial charge in [0.15, 0.2) is 6.23 Å². The molecule has 184 valence electrons. The van der Waals surface area contributed by atoms with Gasteiger partial charge in [-0.05, 0) is 39.4 Å². The van der Waals surface area contributed by atoms with E-state index in [1.54, 1.807) is 20.0 Å². The Kier molecular flexibility index (Phi) is 33.5. The molecule has 0 radical (unpaired) electrons. The van der Waals surface area contributed by atoms with Gasteiger partial charge in [-0.3, -0.25) is 4.99 Å². The number of aliphatic hydroxyl groups excluding tert-OH is 1. The molecule has 31 heavy (non-hydrogen) atoms. The van der Waals surface area contributed by atoms with Crippen LogP contribution in [0.2, 0.25) is 0 Å². The molecule has 0 aliphatic heterocycles. The summed E-state index contributed by atoms with van der Waals surface area (Å²) in [7, 11) is 3.48. The predicted octanol–water partition coefficient (Wildman–Crippen LogP) is 6.03. The molecule has 1 aliphatic rings. The van der Waals surface area contributed by atoms with Crippen LogP contribution in [0.25, 0.3) is 0 Å². The molecule has 1 atom stereocenters. The summed E-state index contributed by atoms with van der Waals surface area (Å²) in [6.07, 6.45) is 13.2. The normalized spacial score (nSPS) is 13.1. The molecule has 0 amide bonds. The first-order valence-electron chi connectivity index (χ1n) is 10.8. The van der Waals surface area contributed by atoms with Crippen molar-refractivity contribution in [3.8, 4) is 0 Å². The van der Waals surface area contributed by atoms with Gasteiger partial charge in [-0.15, -0.1) is 6.58 Å². The lowest BCUT2D eigenvalue weighted by molar-refractivity contribution is -0.159. The summed E-state index contributed by atoms with van der Waals surface area (Å²) in [4.78, 5) is 3.64. The van der Waals surface area contributed by atoms with Gasteiger partial charge in [-0.2, -0.15) is 5.06 Å². The van der Waals surface area contributed by atoms with Gasteiger partial charge in [0.25, 0.3) is 0 Å². The number of alkyl halides is 2. The van der Waals surface area contributed by atoms with Crippen molar-refractivity contribution >= 4 is 6.21 Å². The summed E-state index contributed by atoms with van der Waals surface area (Å²) in [6, 6.07) is 0. The fourth-order valence-electron chi connectivity index (χ4n) is 1.67. The lowest BCUT2D eigenvalue weighted by atomic mass is 10.2. The number of halogens is 2. The third kappa shape index (κ3) is 36.1. The van der Waals surface area contributed by atoms with Crippen molar-refractivity contribution < 1.29 is 19.1 Å². The van der Waals surface area contributed by atoms with E-state index in [0.717, 1.165) is 30.5 Å². The standard InChI is InChI=1S/C11H16N2O2.C5H10F2.C3H9N.C3H6.C2H6/c1-12-8-11(14)13(15)9-10-6-4-2-3-5-7-10;1-3-4-5(2,6)7;1-3-4-2;1-3-2;1-2/h2-4,6-8,11,14-15H,5,9H2,1H3;3-4H2,1-2H3;4H,3H2,1-2H3;3H,1H2,2H3;1-2H3. The smallest absolute Gasteiger partial charge is 0.245 e. The zero-order chi connectivity index (χ0) is 25.1. The van der Waals surface area contributed by atoms with Crippen LogP contribution in [0.4, 0.5) is 8.78 Å². The molecule has 0 saturated heterocycles. The third-order valence-corrected chi connectivity index (χ3v) is 3.05. The zero-order valence-electron chi connectivity index (χ0n) is 20.9. The Morgan fingerprint density at radius 3 is 2.19 bits per heavy atom. The van der Waals surface area contributed by atoms with Crippen LogP contribution >= 0.6 is 0 Å². The molecule has 1 rings (SSSR count). The van der Waals surface area contributed by atoms with Crippen molar-refractivity contribution in [2.24, 2.45) is 4.99 Å². The Bertz CT molecular complexity index is 484. The number of nitrogens with one attached hydrogen (secondary N) is 1. The minimum atomic E-state index is -2.45. The van der Waals surface area contributed by atoms with Gasteiger partial charge in [0, 0.05) is 19.7 Å². The first-order valence-corrected chi connectivity index (χ1v) is 10.8. The molecule has 1 aliphatic carbocycles. The topological polar surface area (TPSA) is 68.1 Å². The summed E-state index contributed by atoms with van der Waals surface area (Å²) in [6.45, 7) is 15.4. The van der Waals surface area contributed by atoms with Gasteiger partial charge in [0.2, 0.25) is 5.92 Å². The van der Waals surface area contributed by atoms with Gasteiger partial charge >= 0.3 is 0 Å². The Morgan fingerprint density at radius 2 is 1.84 bits per heavy atom. The Balaban J connectivity index is -0.000000190. The van der Waals surface area contributed by atoms with Gasteiger partial charge < -0.3 is 15.6 Å². The minimum absolute atomic E-state index is 0.00694. The van der Waals surface area contributed by atoms with Crippen LogP contribution in [0.5, 0.6) is 0 Å². The van der Waals surface area contributed by atoms with Crippen LogP contribution in [0, 0.1) is 0 Å². The van der Waals surface area contributed by atoms with E-state index in [1.807, 2.05) is 58.2 Å². The lowest BCUT2D eigenvalue weighted by Crippen LogP contribution is -2.34. The summed E-state index contributed by atoms with van der Waals surface area (Å²) < 4.78 is 23.4. The number of aliphatic hydroxyl groups is 1. The monoisotopic (exact) mass is 447 g/mol. The summed E-state index contributed by atoms with van der Waals surface area (Å²) in [5, 5.41) is 22.6. The third-order valence-electron chi connectivity index (χ3n) is 3.05. The van der Waals surface area contributed by atoms with Crippen LogP contribution in [-0.2, 0) is 0 Å². The van der Waals surface area contributed by atoms with Crippen LogP contribution in [0.1, 0.15) is 60.8 Å². The molecule has 5 nitrogen and oxygen atoms in total. The summed E-state index contributed by atoms with van der Waals surface area (Å²) in [5.41, 5.74) is 0.964. The predicted molar refractivity (Wildman–Crippen MR) is 132 cm³/mol. The van der Waals surface area contributed by atoms with E-state index in [-0.39, 0.29) is 13.0 Å². The highest BCUT2D eigenvalue weighted by Gasteiger charge is 2.18. The average molecular weight is 448 g/mol. The van der Waals surface area contributed by atoms with Crippen LogP contribution in [-0.4, -0.2) is 60.9 Å². The Morgan fingerprint density at radius 1 is 1.32 bits per heavy atom. The molecule has 0 heterocycles. The molecule has 3 N–H and O–H groups in total. The molecule has 1 unspecified atom stereocenters. The first-order chi connectivity index (χ1) is 14.6. The van der Waals surface area contributed by atoms with E-state index in [9.17, 15) is 19.1 Å². The molecular weight excluding hydrogens is 400 g/mol.